The van der Waals surface area contributed by atoms with Crippen LogP contribution >= 0.6 is 0 Å². The van der Waals surface area contributed by atoms with E-state index in [0.29, 0.717) is 0 Å². The van der Waals surface area contributed by atoms with Gasteiger partial charge in [0, 0.05) is 11.5 Å². The summed E-state index contributed by atoms with van der Waals surface area (Å²) in [4.78, 5) is 11.6. The van der Waals surface area contributed by atoms with E-state index < -0.39 is 5.75 Å². The molecule has 2 N–H and O–H groups in total. The number of hydrogen-bond acceptors (Lipinski definition) is 5. The monoisotopic (exact) mass is 210 g/mol. The average Bonchev–Trinajstić information content (AvgIpc) is 2.16. The molecule has 0 unspecified atom stereocenters. The molecule has 5 nitrogen and oxygen atoms in total. The van der Waals surface area contributed by atoms with Gasteiger partial charge in [-0.1, -0.05) is 31.7 Å². The summed E-state index contributed by atoms with van der Waals surface area (Å²) >= 11 is 0. The third kappa shape index (κ3) is 2.26. The second-order valence-corrected chi connectivity index (χ2v) is 3.46. The van der Waals surface area contributed by atoms with Gasteiger partial charge in [-0.15, -0.1) is 5.23 Å². The Balaban J connectivity index is 3.21. The van der Waals surface area contributed by atoms with Gasteiger partial charge in [0.1, 0.15) is 0 Å². The Bertz CT molecular complexity index is 374. The van der Waals surface area contributed by atoms with Crippen molar-refractivity contribution in [3.63, 3.8) is 0 Å². The van der Waals surface area contributed by atoms with E-state index in [1.54, 1.807) is 13.8 Å². The lowest BCUT2D eigenvalue weighted by Crippen LogP contribution is -2.17. The number of ketones is 1. The number of hydrogen-bond donors (Lipinski definition) is 2. The molecule has 0 atom stereocenters. The molecule has 82 valence electrons. The fourth-order valence-corrected chi connectivity index (χ4v) is 1.19. The van der Waals surface area contributed by atoms with Crippen molar-refractivity contribution in [1.82, 2.24) is 0 Å². The van der Waals surface area contributed by atoms with E-state index in [1.165, 1.54) is 18.2 Å². The number of carbonyl (C=O) groups excluding carboxylic acids is 1. The first-order valence-electron chi connectivity index (χ1n) is 4.47. The molecule has 0 aliphatic heterocycles. The smallest absolute Gasteiger partial charge is 0.164 e. The van der Waals surface area contributed by atoms with Gasteiger partial charge in [-0.3, -0.25) is 15.2 Å². The van der Waals surface area contributed by atoms with Crippen molar-refractivity contribution in [3.05, 3.63) is 23.8 Å². The third-order valence-corrected chi connectivity index (χ3v) is 2.00. The van der Waals surface area contributed by atoms with Crippen molar-refractivity contribution < 1.29 is 20.3 Å². The summed E-state index contributed by atoms with van der Waals surface area (Å²) < 4.78 is 0. The second-order valence-electron chi connectivity index (χ2n) is 3.46. The van der Waals surface area contributed by atoms with Gasteiger partial charge >= 0.3 is 0 Å². The molecule has 0 amide bonds. The van der Waals surface area contributed by atoms with Crippen molar-refractivity contribution in [3.8, 4) is 5.75 Å². The van der Waals surface area contributed by atoms with E-state index in [9.17, 15) is 9.90 Å². The van der Waals surface area contributed by atoms with Crippen LogP contribution in [0.5, 0.6) is 5.75 Å². The van der Waals surface area contributed by atoms with Crippen LogP contribution in [0.4, 0.5) is 5.69 Å². The van der Waals surface area contributed by atoms with E-state index in [4.69, 9.17) is 10.4 Å². The highest BCUT2D eigenvalue weighted by Crippen LogP contribution is 2.28. The number of Topliss-reactive ketones (excluding diaryl/α,β-unsaturated/α-hetero) is 1. The number of nitrogens with zero attached hydrogens (tertiary/aromatic N) is 1. The van der Waals surface area contributed by atoms with Gasteiger partial charge in [-0.2, -0.15) is 0 Å². The first-order valence-corrected chi connectivity index (χ1v) is 4.47. The van der Waals surface area contributed by atoms with Crippen LogP contribution in [0.15, 0.2) is 18.2 Å². The van der Waals surface area contributed by atoms with Crippen molar-refractivity contribution >= 4 is 11.5 Å². The number of carbonyl (C=O) groups is 1. The summed E-state index contributed by atoms with van der Waals surface area (Å²) in [6.45, 7) is 3.34. The van der Waals surface area contributed by atoms with Crippen LogP contribution in [0.1, 0.15) is 24.2 Å². The lowest BCUT2D eigenvalue weighted by atomic mass is 10.00. The molecule has 0 aromatic heterocycles. The quantitative estimate of drug-likeness (QED) is 0.578. The zero-order valence-electron chi connectivity index (χ0n) is 8.47. The number of para-hydroxylation sites is 1. The highest BCUT2D eigenvalue weighted by Gasteiger charge is 2.13. The predicted molar refractivity (Wildman–Crippen MR) is 51.1 cm³/mol. The molecule has 1 aromatic rings. The molecular formula is C10H12NO4-. The number of anilines is 1. The van der Waals surface area contributed by atoms with Crippen LogP contribution in [0, 0.1) is 5.92 Å². The maximum absolute atomic E-state index is 11.6. The van der Waals surface area contributed by atoms with Crippen LogP contribution in [-0.4, -0.2) is 16.2 Å². The van der Waals surface area contributed by atoms with Crippen LogP contribution in [0.25, 0.3) is 0 Å². The lowest BCUT2D eigenvalue weighted by molar-refractivity contribution is -0.268. The molecule has 0 saturated heterocycles. The molecule has 0 bridgehead atoms. The van der Waals surface area contributed by atoms with Gasteiger partial charge < -0.3 is 5.11 Å². The molecule has 0 aliphatic rings. The molecule has 5 heteroatoms. The average molecular weight is 210 g/mol. The summed E-state index contributed by atoms with van der Waals surface area (Å²) in [7, 11) is 0. The van der Waals surface area contributed by atoms with Gasteiger partial charge in [0.15, 0.2) is 5.78 Å². The number of benzene rings is 1. The highest BCUT2D eigenvalue weighted by atomic mass is 16.8. The van der Waals surface area contributed by atoms with Gasteiger partial charge in [0.2, 0.25) is 0 Å². The van der Waals surface area contributed by atoms with Crippen LogP contribution in [-0.2, 0) is 0 Å². The van der Waals surface area contributed by atoms with Gasteiger partial charge in [-0.25, -0.2) is 0 Å². The first kappa shape index (κ1) is 11.5. The summed E-state index contributed by atoms with van der Waals surface area (Å²) in [6.07, 6.45) is 0. The second kappa shape index (κ2) is 4.29. The van der Waals surface area contributed by atoms with E-state index in [1.807, 2.05) is 0 Å². The normalized spacial score (nSPS) is 10.5. The van der Waals surface area contributed by atoms with Gasteiger partial charge in [0.05, 0.1) is 5.69 Å². The molecule has 0 heterocycles. The van der Waals surface area contributed by atoms with Crippen LogP contribution in [0.2, 0.25) is 0 Å². The molecular weight excluding hydrogens is 198 g/mol. The van der Waals surface area contributed by atoms with Crippen LogP contribution < -0.4 is 10.3 Å². The molecule has 0 fully saturated rings. The Morgan fingerprint density at radius 1 is 1.40 bits per heavy atom. The van der Waals surface area contributed by atoms with E-state index in [-0.39, 0.29) is 28.2 Å². The molecule has 1 rings (SSSR count). The Kier molecular flexibility index (Phi) is 3.28. The molecule has 0 radical (unpaired) electrons. The Labute approximate surface area is 87.1 Å². The largest absolute Gasteiger partial charge is 0.870 e. The van der Waals surface area contributed by atoms with Gasteiger partial charge in [-0.05, 0) is 6.07 Å². The minimum absolute atomic E-state index is 0.0319. The highest BCUT2D eigenvalue weighted by molar-refractivity contribution is 6.01. The Morgan fingerprint density at radius 2 is 2.00 bits per heavy atom. The molecule has 0 saturated carbocycles. The van der Waals surface area contributed by atoms with Gasteiger partial charge in [0.25, 0.3) is 0 Å². The predicted octanol–water partition coefficient (Wildman–Crippen LogP) is 1.18. The van der Waals surface area contributed by atoms with E-state index in [2.05, 4.69) is 0 Å². The molecule has 15 heavy (non-hydrogen) atoms. The standard InChI is InChI=1S/C10H13NO4/c1-6(2)9(12)7-4-3-5-8(10(7)13)11(14)15/h3-6,13-15H,1-2H3/p-1. The summed E-state index contributed by atoms with van der Waals surface area (Å²) in [5.74, 6) is -1.30. The van der Waals surface area contributed by atoms with E-state index >= 15 is 0 Å². The number of rotatable bonds is 3. The fraction of sp³-hybridized carbons (Fsp3) is 0.300. The summed E-state index contributed by atoms with van der Waals surface area (Å²) in [6, 6.07) is 4.02. The third-order valence-electron chi connectivity index (χ3n) is 2.00. The minimum atomic E-state index is -0.679. The minimum Gasteiger partial charge on any atom is -0.870 e. The zero-order valence-corrected chi connectivity index (χ0v) is 8.47. The van der Waals surface area contributed by atoms with Crippen LogP contribution in [0.3, 0.4) is 0 Å². The van der Waals surface area contributed by atoms with E-state index in [0.717, 1.165) is 0 Å². The molecule has 0 spiro atoms. The molecule has 0 aliphatic carbocycles. The maximum Gasteiger partial charge on any atom is 0.164 e. The Morgan fingerprint density at radius 3 is 2.47 bits per heavy atom. The topological polar surface area (TPSA) is 83.8 Å². The van der Waals surface area contributed by atoms with Crippen molar-refractivity contribution in [2.75, 3.05) is 5.23 Å². The fourth-order valence-electron chi connectivity index (χ4n) is 1.19. The first-order chi connectivity index (χ1) is 6.95. The summed E-state index contributed by atoms with van der Waals surface area (Å²) in [5, 5.41) is 28.7. The zero-order chi connectivity index (χ0) is 11.6. The Hall–Kier alpha value is -1.59. The van der Waals surface area contributed by atoms with Crippen molar-refractivity contribution in [1.29, 1.82) is 0 Å². The van der Waals surface area contributed by atoms with Crippen molar-refractivity contribution in [2.45, 2.75) is 13.8 Å². The lowest BCUT2D eigenvalue weighted by Gasteiger charge is -2.20. The summed E-state index contributed by atoms with van der Waals surface area (Å²) in [5.41, 5.74) is -0.364. The molecule has 1 aromatic carbocycles. The maximum atomic E-state index is 11.6. The SMILES string of the molecule is CC(C)C(=O)c1cccc(N(O)O)c1[O-]. The van der Waals surface area contributed by atoms with Crippen molar-refractivity contribution in [2.24, 2.45) is 5.92 Å².